The number of fused-ring (bicyclic) bond motifs is 1. The minimum absolute atomic E-state index is 0.101. The van der Waals surface area contributed by atoms with Gasteiger partial charge in [0.1, 0.15) is 17.0 Å². The number of aryl methyl sites for hydroxylation is 1. The van der Waals surface area contributed by atoms with E-state index in [1.54, 1.807) is 18.2 Å². The maximum atomic E-state index is 12.9. The van der Waals surface area contributed by atoms with Crippen molar-refractivity contribution in [3.8, 4) is 5.75 Å². The maximum Gasteiger partial charge on any atom is 0.286 e. The molecule has 2 amide bonds. The minimum Gasteiger partial charge on any atom is -0.508 e. The summed E-state index contributed by atoms with van der Waals surface area (Å²) < 4.78 is 10.9. The molecule has 4 N–H and O–H groups in total. The minimum atomic E-state index is -0.766. The molecule has 156 valence electrons. The van der Waals surface area contributed by atoms with E-state index >= 15 is 0 Å². The number of carbonyl (C=O) groups excluding carboxylic acids is 2. The van der Waals surface area contributed by atoms with Crippen molar-refractivity contribution in [2.24, 2.45) is 5.73 Å². The number of ether oxygens (including phenoxy) is 1. The topological polar surface area (TPSA) is 118 Å². The van der Waals surface area contributed by atoms with E-state index in [9.17, 15) is 14.7 Å². The van der Waals surface area contributed by atoms with Crippen LogP contribution in [0.4, 0.5) is 5.69 Å². The molecule has 0 spiro atoms. The predicted molar refractivity (Wildman–Crippen MR) is 112 cm³/mol. The van der Waals surface area contributed by atoms with Crippen molar-refractivity contribution in [3.05, 3.63) is 58.8 Å². The molecule has 0 radical (unpaired) electrons. The Morgan fingerprint density at radius 1 is 1.17 bits per heavy atom. The van der Waals surface area contributed by atoms with Gasteiger partial charge in [0.05, 0.1) is 13.2 Å². The van der Waals surface area contributed by atoms with Crippen LogP contribution < -0.4 is 11.1 Å². The highest BCUT2D eigenvalue weighted by Gasteiger charge is 2.22. The molecule has 0 aliphatic carbocycles. The predicted octanol–water partition coefficient (Wildman–Crippen LogP) is 2.63. The van der Waals surface area contributed by atoms with E-state index in [2.05, 4.69) is 10.2 Å². The van der Waals surface area contributed by atoms with Crippen LogP contribution in [0, 0.1) is 6.92 Å². The number of phenolic OH excluding ortho intramolecular Hbond substituents is 1. The number of benzene rings is 2. The first-order chi connectivity index (χ1) is 14.4. The number of hydrogen-bond acceptors (Lipinski definition) is 6. The SMILES string of the molecule is Cc1ccc2c(NC(=O)c3ccc(O)c(CN4CCOCC4)c3)c(C(N)=O)oc2c1. The first-order valence-electron chi connectivity index (χ1n) is 9.68. The largest absolute Gasteiger partial charge is 0.508 e. The van der Waals surface area contributed by atoms with Crippen molar-refractivity contribution in [3.63, 3.8) is 0 Å². The van der Waals surface area contributed by atoms with Gasteiger partial charge in [-0.3, -0.25) is 14.5 Å². The van der Waals surface area contributed by atoms with Gasteiger partial charge in [-0.25, -0.2) is 0 Å². The van der Waals surface area contributed by atoms with Crippen LogP contribution in [0.15, 0.2) is 40.8 Å². The molecule has 30 heavy (non-hydrogen) atoms. The number of amides is 2. The quantitative estimate of drug-likeness (QED) is 0.596. The van der Waals surface area contributed by atoms with Gasteiger partial charge >= 0.3 is 0 Å². The molecule has 0 saturated carbocycles. The average Bonchev–Trinajstić information content (AvgIpc) is 3.08. The molecule has 1 aliphatic rings. The Morgan fingerprint density at radius 2 is 1.93 bits per heavy atom. The summed E-state index contributed by atoms with van der Waals surface area (Å²) in [4.78, 5) is 26.9. The lowest BCUT2D eigenvalue weighted by molar-refractivity contribution is 0.0338. The summed E-state index contributed by atoms with van der Waals surface area (Å²) in [7, 11) is 0. The molecule has 1 saturated heterocycles. The Hall–Kier alpha value is -3.36. The van der Waals surface area contributed by atoms with Crippen molar-refractivity contribution in [2.45, 2.75) is 13.5 Å². The van der Waals surface area contributed by atoms with Gasteiger partial charge in [0.15, 0.2) is 0 Å². The smallest absolute Gasteiger partial charge is 0.286 e. The van der Waals surface area contributed by atoms with Crippen molar-refractivity contribution in [1.29, 1.82) is 0 Å². The highest BCUT2D eigenvalue weighted by molar-refractivity contribution is 6.14. The second-order valence-electron chi connectivity index (χ2n) is 7.36. The van der Waals surface area contributed by atoms with Gasteiger partial charge in [0.2, 0.25) is 5.76 Å². The Balaban J connectivity index is 1.62. The third-order valence-corrected chi connectivity index (χ3v) is 5.15. The lowest BCUT2D eigenvalue weighted by Gasteiger charge is -2.26. The van der Waals surface area contributed by atoms with Gasteiger partial charge in [0.25, 0.3) is 11.8 Å². The summed E-state index contributed by atoms with van der Waals surface area (Å²) in [5.41, 5.74) is 8.11. The Kier molecular flexibility index (Phi) is 5.43. The van der Waals surface area contributed by atoms with E-state index < -0.39 is 11.8 Å². The van der Waals surface area contributed by atoms with E-state index in [1.165, 1.54) is 12.1 Å². The number of nitrogens with zero attached hydrogens (tertiary/aromatic N) is 1. The number of nitrogens with one attached hydrogen (secondary N) is 1. The van der Waals surface area contributed by atoms with Crippen LogP contribution in [0.2, 0.25) is 0 Å². The first-order valence-corrected chi connectivity index (χ1v) is 9.68. The first kappa shape index (κ1) is 19.9. The zero-order chi connectivity index (χ0) is 21.3. The van der Waals surface area contributed by atoms with E-state index in [0.29, 0.717) is 41.9 Å². The number of morpholine rings is 1. The summed E-state index contributed by atoms with van der Waals surface area (Å²) >= 11 is 0. The van der Waals surface area contributed by atoms with Crippen LogP contribution in [0.1, 0.15) is 32.0 Å². The van der Waals surface area contributed by atoms with Gasteiger partial charge in [-0.15, -0.1) is 0 Å². The van der Waals surface area contributed by atoms with E-state index in [4.69, 9.17) is 14.9 Å². The highest BCUT2D eigenvalue weighted by Crippen LogP contribution is 2.32. The van der Waals surface area contributed by atoms with Gasteiger partial charge in [-0.1, -0.05) is 6.07 Å². The number of furan rings is 1. The van der Waals surface area contributed by atoms with Crippen LogP contribution in [0.3, 0.4) is 0 Å². The van der Waals surface area contributed by atoms with Crippen molar-refractivity contribution in [2.75, 3.05) is 31.6 Å². The van der Waals surface area contributed by atoms with Crippen LogP contribution in [-0.4, -0.2) is 48.1 Å². The lowest BCUT2D eigenvalue weighted by Crippen LogP contribution is -2.35. The molecule has 0 bridgehead atoms. The molecule has 4 rings (SSSR count). The molecule has 3 aromatic rings. The third kappa shape index (κ3) is 4.00. The van der Waals surface area contributed by atoms with Crippen molar-refractivity contribution in [1.82, 2.24) is 4.90 Å². The maximum absolute atomic E-state index is 12.9. The van der Waals surface area contributed by atoms with Crippen LogP contribution in [0.25, 0.3) is 11.0 Å². The summed E-state index contributed by atoms with van der Waals surface area (Å²) in [6, 6.07) is 10.1. The number of aromatic hydroxyl groups is 1. The molecule has 8 nitrogen and oxygen atoms in total. The number of hydrogen-bond donors (Lipinski definition) is 3. The molecule has 1 aliphatic heterocycles. The van der Waals surface area contributed by atoms with Crippen molar-refractivity contribution >= 4 is 28.5 Å². The van der Waals surface area contributed by atoms with Gasteiger partial charge < -0.3 is 25.3 Å². The Morgan fingerprint density at radius 3 is 2.67 bits per heavy atom. The normalized spacial score (nSPS) is 14.7. The molecule has 2 aromatic carbocycles. The average molecular weight is 409 g/mol. The second kappa shape index (κ2) is 8.17. The van der Waals surface area contributed by atoms with Gasteiger partial charge in [0, 0.05) is 36.1 Å². The summed E-state index contributed by atoms with van der Waals surface area (Å²) in [5, 5.41) is 13.6. The molecule has 1 fully saturated rings. The molecule has 1 aromatic heterocycles. The molecule has 8 heteroatoms. The van der Waals surface area contributed by atoms with Gasteiger partial charge in [-0.2, -0.15) is 0 Å². The van der Waals surface area contributed by atoms with Crippen LogP contribution in [0.5, 0.6) is 5.75 Å². The molecule has 2 heterocycles. The molecule has 0 unspecified atom stereocenters. The number of primary amides is 1. The zero-order valence-corrected chi connectivity index (χ0v) is 16.6. The fourth-order valence-electron chi connectivity index (χ4n) is 3.54. The Labute approximate surface area is 173 Å². The number of anilines is 1. The van der Waals surface area contributed by atoms with E-state index in [0.717, 1.165) is 18.7 Å². The van der Waals surface area contributed by atoms with E-state index in [1.807, 2.05) is 13.0 Å². The molecule has 0 atom stereocenters. The standard InChI is InChI=1S/C22H23N3O5/c1-13-2-4-16-18(10-13)30-20(21(23)27)19(16)24-22(28)14-3-5-17(26)15(11-14)12-25-6-8-29-9-7-25/h2-5,10-11,26H,6-9,12H2,1H3,(H2,23,27)(H,24,28). The number of phenols is 1. The number of nitrogens with two attached hydrogens (primary N) is 1. The fourth-order valence-corrected chi connectivity index (χ4v) is 3.54. The third-order valence-electron chi connectivity index (χ3n) is 5.15. The summed E-state index contributed by atoms with van der Waals surface area (Å²) in [6.07, 6.45) is 0. The molecular formula is C22H23N3O5. The number of rotatable bonds is 5. The second-order valence-corrected chi connectivity index (χ2v) is 7.36. The lowest BCUT2D eigenvalue weighted by atomic mass is 10.1. The zero-order valence-electron chi connectivity index (χ0n) is 16.6. The van der Waals surface area contributed by atoms with E-state index in [-0.39, 0.29) is 17.2 Å². The highest BCUT2D eigenvalue weighted by atomic mass is 16.5. The summed E-state index contributed by atoms with van der Waals surface area (Å²) in [5.74, 6) is -1.17. The monoisotopic (exact) mass is 409 g/mol. The van der Waals surface area contributed by atoms with Gasteiger partial charge in [-0.05, 0) is 42.8 Å². The van der Waals surface area contributed by atoms with Crippen molar-refractivity contribution < 1.29 is 23.8 Å². The van der Waals surface area contributed by atoms with Crippen LogP contribution >= 0.6 is 0 Å². The summed E-state index contributed by atoms with van der Waals surface area (Å²) in [6.45, 7) is 5.22. The fraction of sp³-hybridized carbons (Fsp3) is 0.273. The Bertz CT molecular complexity index is 1120. The molecular weight excluding hydrogens is 386 g/mol. The van der Waals surface area contributed by atoms with Crippen LogP contribution in [-0.2, 0) is 11.3 Å². The number of carbonyl (C=O) groups is 2.